The molecule has 2 amide bonds. The van der Waals surface area contributed by atoms with Gasteiger partial charge in [-0.15, -0.1) is 0 Å². The van der Waals surface area contributed by atoms with Crippen LogP contribution in [0.15, 0.2) is 63.5 Å². The molecule has 1 aliphatic rings. The number of pyridine rings is 1. The Morgan fingerprint density at radius 3 is 2.41 bits per heavy atom. The van der Waals surface area contributed by atoms with E-state index in [9.17, 15) is 9.59 Å². The molecule has 0 unspecified atom stereocenters. The van der Waals surface area contributed by atoms with Crippen LogP contribution in [0.4, 0.5) is 5.82 Å². The van der Waals surface area contributed by atoms with Gasteiger partial charge in [0.2, 0.25) is 5.71 Å². The van der Waals surface area contributed by atoms with Gasteiger partial charge < -0.3 is 24.9 Å². The number of rotatable bonds is 8. The van der Waals surface area contributed by atoms with Gasteiger partial charge in [0.15, 0.2) is 5.82 Å². The summed E-state index contributed by atoms with van der Waals surface area (Å²) in [7, 11) is 1.59. The van der Waals surface area contributed by atoms with Crippen LogP contribution >= 0.6 is 0 Å². The van der Waals surface area contributed by atoms with Crippen molar-refractivity contribution in [3.8, 4) is 22.5 Å². The second kappa shape index (κ2) is 10.2. The molecule has 1 saturated carbocycles. The summed E-state index contributed by atoms with van der Waals surface area (Å²) in [5.74, 6) is 1.48. The highest BCUT2D eigenvalue weighted by Gasteiger charge is 2.50. The summed E-state index contributed by atoms with van der Waals surface area (Å²) < 4.78 is 11.5. The van der Waals surface area contributed by atoms with Crippen LogP contribution in [0.3, 0.4) is 0 Å². The molecular weight excluding hydrogens is 520 g/mol. The van der Waals surface area contributed by atoms with Crippen molar-refractivity contribution in [2.45, 2.75) is 39.2 Å². The Kier molecular flexibility index (Phi) is 6.53. The van der Waals surface area contributed by atoms with Crippen LogP contribution in [0.25, 0.3) is 33.6 Å². The molecule has 208 valence electrons. The molecule has 3 N–H and O–H groups in total. The fourth-order valence-electron chi connectivity index (χ4n) is 4.93. The Morgan fingerprint density at radius 1 is 0.976 bits per heavy atom. The van der Waals surface area contributed by atoms with Crippen LogP contribution in [0.2, 0.25) is 0 Å². The van der Waals surface area contributed by atoms with Crippen molar-refractivity contribution in [2.24, 2.45) is 0 Å². The molecule has 10 heteroatoms. The molecule has 2 aromatic carbocycles. The SMILES string of the molecule is CCNc1nc2oc(-c3ccc(C)cc3)c(C(=O)NC)c2cc1-c1cccc(C(=O)NC2(c3nc(C)no3)CC2)c1. The Balaban J connectivity index is 1.42. The summed E-state index contributed by atoms with van der Waals surface area (Å²) in [6.45, 7) is 6.35. The van der Waals surface area contributed by atoms with E-state index in [1.54, 1.807) is 20.0 Å². The molecule has 3 aromatic heterocycles. The number of aromatic nitrogens is 3. The van der Waals surface area contributed by atoms with Gasteiger partial charge in [0, 0.05) is 30.3 Å². The van der Waals surface area contributed by atoms with Crippen molar-refractivity contribution < 1.29 is 18.5 Å². The Morgan fingerprint density at radius 2 is 1.76 bits per heavy atom. The first-order valence-electron chi connectivity index (χ1n) is 13.6. The number of anilines is 1. The number of furan rings is 1. The fraction of sp³-hybridized carbons (Fsp3) is 0.258. The Bertz CT molecular complexity index is 1780. The molecule has 0 atom stereocenters. The zero-order chi connectivity index (χ0) is 28.7. The minimum absolute atomic E-state index is 0.241. The smallest absolute Gasteiger partial charge is 0.255 e. The Labute approximate surface area is 236 Å². The highest BCUT2D eigenvalue weighted by atomic mass is 16.5. The lowest BCUT2D eigenvalue weighted by atomic mass is 9.99. The van der Waals surface area contributed by atoms with E-state index in [2.05, 4.69) is 26.1 Å². The molecule has 0 radical (unpaired) electrons. The second-order valence-electron chi connectivity index (χ2n) is 10.3. The minimum Gasteiger partial charge on any atom is -0.437 e. The molecule has 1 aliphatic carbocycles. The number of carbonyl (C=O) groups is 2. The molecule has 0 spiro atoms. The van der Waals surface area contributed by atoms with Gasteiger partial charge in [0.25, 0.3) is 17.7 Å². The number of nitrogens with zero attached hydrogens (tertiary/aromatic N) is 3. The number of aryl methyl sites for hydroxylation is 2. The molecule has 41 heavy (non-hydrogen) atoms. The predicted octanol–water partition coefficient (Wildman–Crippen LogP) is 5.37. The van der Waals surface area contributed by atoms with Gasteiger partial charge in [0.05, 0.1) is 10.9 Å². The number of benzene rings is 2. The van der Waals surface area contributed by atoms with Crippen LogP contribution < -0.4 is 16.0 Å². The Hall–Kier alpha value is -4.99. The van der Waals surface area contributed by atoms with Crippen molar-refractivity contribution in [2.75, 3.05) is 18.9 Å². The van der Waals surface area contributed by atoms with Crippen molar-refractivity contribution >= 4 is 28.7 Å². The standard InChI is InChI=1S/C31H30N6O4/c1-5-33-26-22(16-23-24(28(39)32-4)25(40-29(23)35-26)19-11-9-17(2)10-12-19)20-7-6-8-21(15-20)27(38)36-31(13-14-31)30-34-18(3)37-41-30/h6-12,15-16H,5,13-14H2,1-4H3,(H,32,39)(H,33,35)(H,36,38). The fourth-order valence-corrected chi connectivity index (χ4v) is 4.93. The predicted molar refractivity (Wildman–Crippen MR) is 155 cm³/mol. The van der Waals surface area contributed by atoms with E-state index in [1.807, 2.05) is 62.4 Å². The summed E-state index contributed by atoms with van der Waals surface area (Å²) in [6, 6.07) is 17.0. The van der Waals surface area contributed by atoms with E-state index >= 15 is 0 Å². The molecule has 0 bridgehead atoms. The van der Waals surface area contributed by atoms with E-state index < -0.39 is 5.54 Å². The van der Waals surface area contributed by atoms with Gasteiger partial charge in [-0.25, -0.2) is 0 Å². The summed E-state index contributed by atoms with van der Waals surface area (Å²) >= 11 is 0. The topological polar surface area (TPSA) is 135 Å². The van der Waals surface area contributed by atoms with Crippen molar-refractivity contribution in [1.29, 1.82) is 0 Å². The number of fused-ring (bicyclic) bond motifs is 1. The molecule has 6 rings (SSSR count). The number of hydrogen-bond donors (Lipinski definition) is 3. The zero-order valence-corrected chi connectivity index (χ0v) is 23.3. The maximum absolute atomic E-state index is 13.4. The van der Waals surface area contributed by atoms with Crippen LogP contribution in [-0.4, -0.2) is 40.5 Å². The number of hydrogen-bond acceptors (Lipinski definition) is 8. The summed E-state index contributed by atoms with van der Waals surface area (Å²) in [5, 5.41) is 13.6. The van der Waals surface area contributed by atoms with Crippen LogP contribution in [0.1, 0.15) is 57.8 Å². The molecule has 5 aromatic rings. The van der Waals surface area contributed by atoms with E-state index in [0.29, 0.717) is 52.1 Å². The average Bonchev–Trinajstić information content (AvgIpc) is 3.45. The lowest BCUT2D eigenvalue weighted by Gasteiger charge is -2.14. The molecule has 0 aliphatic heterocycles. The van der Waals surface area contributed by atoms with Crippen molar-refractivity contribution in [3.63, 3.8) is 0 Å². The second-order valence-corrected chi connectivity index (χ2v) is 10.3. The van der Waals surface area contributed by atoms with Crippen LogP contribution in [0, 0.1) is 13.8 Å². The van der Waals surface area contributed by atoms with Gasteiger partial charge in [-0.2, -0.15) is 9.97 Å². The van der Waals surface area contributed by atoms with Gasteiger partial charge in [-0.3, -0.25) is 9.59 Å². The van der Waals surface area contributed by atoms with Gasteiger partial charge in [-0.05, 0) is 57.4 Å². The van der Waals surface area contributed by atoms with Gasteiger partial charge >= 0.3 is 0 Å². The quantitative estimate of drug-likeness (QED) is 0.235. The van der Waals surface area contributed by atoms with Crippen molar-refractivity contribution in [3.05, 3.63) is 83.0 Å². The first-order valence-corrected chi connectivity index (χ1v) is 13.6. The van der Waals surface area contributed by atoms with Crippen LogP contribution in [0.5, 0.6) is 0 Å². The molecule has 3 heterocycles. The highest BCUT2D eigenvalue weighted by Crippen LogP contribution is 2.45. The van der Waals surface area contributed by atoms with E-state index in [-0.39, 0.29) is 11.8 Å². The maximum Gasteiger partial charge on any atom is 0.255 e. The lowest BCUT2D eigenvalue weighted by Crippen LogP contribution is -2.35. The number of amides is 2. The average molecular weight is 551 g/mol. The van der Waals surface area contributed by atoms with E-state index in [4.69, 9.17) is 13.9 Å². The molecule has 1 fully saturated rings. The number of carbonyl (C=O) groups excluding carboxylic acids is 2. The lowest BCUT2D eigenvalue weighted by molar-refractivity contribution is 0.0919. The minimum atomic E-state index is -0.630. The largest absolute Gasteiger partial charge is 0.437 e. The van der Waals surface area contributed by atoms with Crippen molar-refractivity contribution in [1.82, 2.24) is 25.8 Å². The third kappa shape index (κ3) is 4.82. The summed E-state index contributed by atoms with van der Waals surface area (Å²) in [5.41, 5.74) is 3.99. The maximum atomic E-state index is 13.4. The van der Waals surface area contributed by atoms with Gasteiger partial charge in [0.1, 0.15) is 17.1 Å². The third-order valence-electron chi connectivity index (χ3n) is 7.27. The van der Waals surface area contributed by atoms with E-state index in [0.717, 1.165) is 35.1 Å². The highest BCUT2D eigenvalue weighted by molar-refractivity contribution is 6.11. The summed E-state index contributed by atoms with van der Waals surface area (Å²) in [4.78, 5) is 35.6. The molecule has 0 saturated heterocycles. The molecular formula is C31H30N6O4. The first kappa shape index (κ1) is 26.2. The monoisotopic (exact) mass is 550 g/mol. The van der Waals surface area contributed by atoms with E-state index in [1.165, 1.54) is 0 Å². The van der Waals surface area contributed by atoms with Gasteiger partial charge in [-0.1, -0.05) is 47.1 Å². The van der Waals surface area contributed by atoms with Crippen LogP contribution in [-0.2, 0) is 5.54 Å². The number of nitrogens with one attached hydrogen (secondary N) is 3. The summed E-state index contributed by atoms with van der Waals surface area (Å²) in [6.07, 6.45) is 1.47. The first-order chi connectivity index (χ1) is 19.8. The third-order valence-corrected chi connectivity index (χ3v) is 7.27. The molecule has 10 nitrogen and oxygen atoms in total. The normalized spacial score (nSPS) is 13.7. The zero-order valence-electron chi connectivity index (χ0n) is 23.3.